The minimum absolute atomic E-state index is 0.646. The van der Waals surface area contributed by atoms with Crippen LogP contribution in [-0.4, -0.2) is 16.6 Å². The molecule has 1 aromatic heterocycles. The predicted molar refractivity (Wildman–Crippen MR) is 89.2 cm³/mol. The van der Waals surface area contributed by atoms with Crippen molar-refractivity contribution in [3.8, 4) is 17.1 Å². The smallest absolute Gasteiger partial charge is 0.141 e. The van der Waals surface area contributed by atoms with Gasteiger partial charge in [-0.2, -0.15) is 0 Å². The van der Waals surface area contributed by atoms with E-state index < -0.39 is 0 Å². The molecule has 0 amide bonds. The van der Waals surface area contributed by atoms with Gasteiger partial charge in [-0.3, -0.25) is 0 Å². The van der Waals surface area contributed by atoms with Crippen molar-refractivity contribution in [2.75, 3.05) is 6.61 Å². The summed E-state index contributed by atoms with van der Waals surface area (Å²) in [6.07, 6.45) is 0.833. The summed E-state index contributed by atoms with van der Waals surface area (Å²) in [6.45, 7) is 4.70. The molecule has 0 aliphatic carbocycles. The monoisotopic (exact) mass is 292 g/mol. The second-order valence-electron chi connectivity index (χ2n) is 5.25. The number of aryl methyl sites for hydroxylation is 1. The molecule has 0 aliphatic heterocycles. The topological polar surface area (TPSA) is 37.9 Å². The molecule has 0 spiro atoms. The summed E-state index contributed by atoms with van der Waals surface area (Å²) in [5.41, 5.74) is 4.45. The van der Waals surface area contributed by atoms with Gasteiger partial charge >= 0.3 is 0 Å². The number of ether oxygens (including phenoxy) is 1. The van der Waals surface area contributed by atoms with Crippen LogP contribution in [0.3, 0.4) is 0 Å². The van der Waals surface area contributed by atoms with Crippen LogP contribution in [0.4, 0.5) is 0 Å². The van der Waals surface area contributed by atoms with Gasteiger partial charge in [0, 0.05) is 12.1 Å². The molecule has 0 saturated heterocycles. The van der Waals surface area contributed by atoms with Crippen molar-refractivity contribution in [1.82, 2.24) is 9.97 Å². The Balaban J connectivity index is 1.92. The zero-order valence-electron chi connectivity index (χ0n) is 13.0. The molecule has 3 aromatic rings. The van der Waals surface area contributed by atoms with E-state index in [1.54, 1.807) is 0 Å². The normalized spacial score (nSPS) is 10.6. The zero-order valence-corrected chi connectivity index (χ0v) is 13.0. The third kappa shape index (κ3) is 3.03. The van der Waals surface area contributed by atoms with Gasteiger partial charge in [-0.15, -0.1) is 0 Å². The molecule has 1 N–H and O–H groups in total. The molecule has 0 unspecified atom stereocenters. The quantitative estimate of drug-likeness (QED) is 0.758. The van der Waals surface area contributed by atoms with E-state index in [9.17, 15) is 0 Å². The highest BCUT2D eigenvalue weighted by atomic mass is 16.5. The predicted octanol–water partition coefficient (Wildman–Crippen LogP) is 4.37. The van der Waals surface area contributed by atoms with Crippen LogP contribution in [0, 0.1) is 6.92 Å². The lowest BCUT2D eigenvalue weighted by molar-refractivity contribution is 0.341. The van der Waals surface area contributed by atoms with E-state index in [0.29, 0.717) is 6.61 Å². The van der Waals surface area contributed by atoms with Crippen molar-refractivity contribution in [2.24, 2.45) is 0 Å². The molecule has 0 saturated carbocycles. The number of hydrogen-bond acceptors (Lipinski definition) is 2. The molecule has 112 valence electrons. The number of aromatic amines is 1. The maximum absolute atomic E-state index is 5.70. The number of nitrogens with one attached hydrogen (secondary N) is 1. The molecule has 22 heavy (non-hydrogen) atoms. The fraction of sp³-hybridized carbons (Fsp3) is 0.211. The number of benzene rings is 2. The average molecular weight is 292 g/mol. The molecule has 0 fully saturated rings. The van der Waals surface area contributed by atoms with Crippen LogP contribution in [0.1, 0.15) is 23.9 Å². The van der Waals surface area contributed by atoms with Crippen molar-refractivity contribution < 1.29 is 4.74 Å². The summed E-state index contributed by atoms with van der Waals surface area (Å²) in [5.74, 6) is 1.73. The molecular formula is C19H20N2O. The molecule has 0 bridgehead atoms. The third-order valence-corrected chi connectivity index (χ3v) is 3.64. The second-order valence-corrected chi connectivity index (χ2v) is 5.25. The molecule has 0 atom stereocenters. The lowest BCUT2D eigenvalue weighted by atomic mass is 10.1. The van der Waals surface area contributed by atoms with Gasteiger partial charge < -0.3 is 9.72 Å². The Kier molecular flexibility index (Phi) is 4.24. The number of para-hydroxylation sites is 1. The summed E-state index contributed by atoms with van der Waals surface area (Å²) in [4.78, 5) is 8.17. The largest absolute Gasteiger partial charge is 0.493 e. The fourth-order valence-electron chi connectivity index (χ4n) is 2.53. The SMILES string of the molecule is CCOc1ccccc1-c1nc(Cc2ccccc2)c(C)[nH]1. The van der Waals surface area contributed by atoms with Crippen molar-refractivity contribution >= 4 is 0 Å². The third-order valence-electron chi connectivity index (χ3n) is 3.64. The molecule has 3 heteroatoms. The van der Waals surface area contributed by atoms with Crippen LogP contribution < -0.4 is 4.74 Å². The molecule has 3 rings (SSSR count). The van der Waals surface area contributed by atoms with Crippen LogP contribution in [0.2, 0.25) is 0 Å². The number of hydrogen-bond donors (Lipinski definition) is 1. The first-order valence-electron chi connectivity index (χ1n) is 7.59. The van der Waals surface area contributed by atoms with Gasteiger partial charge in [0.2, 0.25) is 0 Å². The molecule has 1 heterocycles. The Bertz CT molecular complexity index is 747. The van der Waals surface area contributed by atoms with E-state index in [-0.39, 0.29) is 0 Å². The first kappa shape index (κ1) is 14.4. The van der Waals surface area contributed by atoms with Crippen LogP contribution in [-0.2, 0) is 6.42 Å². The van der Waals surface area contributed by atoms with E-state index in [4.69, 9.17) is 9.72 Å². The zero-order chi connectivity index (χ0) is 15.4. The number of H-pyrrole nitrogens is 1. The standard InChI is InChI=1S/C19H20N2O/c1-3-22-18-12-8-7-11-16(18)19-20-14(2)17(21-19)13-15-9-5-4-6-10-15/h4-12H,3,13H2,1-2H3,(H,20,21). The van der Waals surface area contributed by atoms with Gasteiger partial charge in [0.05, 0.1) is 17.9 Å². The molecular weight excluding hydrogens is 272 g/mol. The Morgan fingerprint density at radius 2 is 1.73 bits per heavy atom. The van der Waals surface area contributed by atoms with Crippen molar-refractivity contribution in [3.05, 3.63) is 71.5 Å². The number of aromatic nitrogens is 2. The van der Waals surface area contributed by atoms with Gasteiger partial charge in [-0.1, -0.05) is 42.5 Å². The van der Waals surface area contributed by atoms with Crippen molar-refractivity contribution in [3.63, 3.8) is 0 Å². The minimum Gasteiger partial charge on any atom is -0.493 e. The summed E-state index contributed by atoms with van der Waals surface area (Å²) in [5, 5.41) is 0. The summed E-state index contributed by atoms with van der Waals surface area (Å²) in [7, 11) is 0. The van der Waals surface area contributed by atoms with Crippen LogP contribution in [0.15, 0.2) is 54.6 Å². The Labute approximate surface area is 131 Å². The average Bonchev–Trinajstić information content (AvgIpc) is 2.90. The summed E-state index contributed by atoms with van der Waals surface area (Å²) >= 11 is 0. The molecule has 0 radical (unpaired) electrons. The number of imidazole rings is 1. The van der Waals surface area contributed by atoms with Crippen LogP contribution >= 0.6 is 0 Å². The van der Waals surface area contributed by atoms with E-state index in [1.807, 2.05) is 37.3 Å². The van der Waals surface area contributed by atoms with Crippen LogP contribution in [0.25, 0.3) is 11.4 Å². The molecule has 0 aliphatic rings. The van der Waals surface area contributed by atoms with Crippen molar-refractivity contribution in [1.29, 1.82) is 0 Å². The Hall–Kier alpha value is -2.55. The number of nitrogens with zero attached hydrogens (tertiary/aromatic N) is 1. The summed E-state index contributed by atoms with van der Waals surface area (Å²) < 4.78 is 5.70. The summed E-state index contributed by atoms with van der Waals surface area (Å²) in [6, 6.07) is 18.4. The van der Waals surface area contributed by atoms with E-state index in [0.717, 1.165) is 34.9 Å². The molecule has 3 nitrogen and oxygen atoms in total. The van der Waals surface area contributed by atoms with Crippen LogP contribution in [0.5, 0.6) is 5.75 Å². The Morgan fingerprint density at radius 3 is 2.50 bits per heavy atom. The van der Waals surface area contributed by atoms with Crippen molar-refractivity contribution in [2.45, 2.75) is 20.3 Å². The fourth-order valence-corrected chi connectivity index (χ4v) is 2.53. The first-order valence-corrected chi connectivity index (χ1v) is 7.59. The minimum atomic E-state index is 0.646. The highest BCUT2D eigenvalue weighted by Gasteiger charge is 2.12. The highest BCUT2D eigenvalue weighted by Crippen LogP contribution is 2.28. The maximum Gasteiger partial charge on any atom is 0.141 e. The van der Waals surface area contributed by atoms with E-state index in [1.165, 1.54) is 5.56 Å². The van der Waals surface area contributed by atoms with E-state index in [2.05, 4.69) is 36.2 Å². The van der Waals surface area contributed by atoms with Gasteiger partial charge in [-0.25, -0.2) is 4.98 Å². The van der Waals surface area contributed by atoms with Gasteiger partial charge in [0.15, 0.2) is 0 Å². The van der Waals surface area contributed by atoms with Gasteiger partial charge in [0.1, 0.15) is 11.6 Å². The van der Waals surface area contributed by atoms with Gasteiger partial charge in [-0.05, 0) is 31.5 Å². The second kappa shape index (κ2) is 6.48. The Morgan fingerprint density at radius 1 is 1.00 bits per heavy atom. The molecule has 2 aromatic carbocycles. The lowest BCUT2D eigenvalue weighted by Crippen LogP contribution is -1.94. The first-order chi connectivity index (χ1) is 10.8. The lowest BCUT2D eigenvalue weighted by Gasteiger charge is -2.07. The highest BCUT2D eigenvalue weighted by molar-refractivity contribution is 5.64. The maximum atomic E-state index is 5.70. The van der Waals surface area contributed by atoms with E-state index >= 15 is 0 Å². The number of rotatable bonds is 5. The van der Waals surface area contributed by atoms with Gasteiger partial charge in [0.25, 0.3) is 0 Å².